The highest BCUT2D eigenvalue weighted by atomic mass is 16.3. The molecule has 2 heterocycles. The van der Waals surface area contributed by atoms with E-state index in [0.29, 0.717) is 24.2 Å². The predicted molar refractivity (Wildman–Crippen MR) is 130 cm³/mol. The van der Waals surface area contributed by atoms with Gasteiger partial charge in [0.25, 0.3) is 0 Å². The molecule has 0 aliphatic heterocycles. The maximum absolute atomic E-state index is 11.1. The van der Waals surface area contributed by atoms with Gasteiger partial charge in [0.2, 0.25) is 5.88 Å². The molecule has 164 valence electrons. The first-order chi connectivity index (χ1) is 16.1. The van der Waals surface area contributed by atoms with E-state index in [1.807, 2.05) is 36.5 Å². The van der Waals surface area contributed by atoms with E-state index in [4.69, 9.17) is 9.97 Å². The normalized spacial score (nSPS) is 11.2. The zero-order chi connectivity index (χ0) is 22.8. The molecule has 0 unspecified atom stereocenters. The number of rotatable bonds is 6. The van der Waals surface area contributed by atoms with Crippen molar-refractivity contribution < 1.29 is 10.2 Å². The van der Waals surface area contributed by atoms with Crippen LogP contribution in [0.5, 0.6) is 11.6 Å². The molecule has 0 saturated carbocycles. The molecule has 0 aliphatic carbocycles. The van der Waals surface area contributed by atoms with Gasteiger partial charge < -0.3 is 10.2 Å². The molecule has 5 rings (SSSR count). The van der Waals surface area contributed by atoms with E-state index in [-0.39, 0.29) is 11.6 Å². The lowest BCUT2D eigenvalue weighted by atomic mass is 10.1. The van der Waals surface area contributed by atoms with Gasteiger partial charge in [0.1, 0.15) is 11.4 Å². The summed E-state index contributed by atoms with van der Waals surface area (Å²) < 4.78 is 1.74. The Bertz CT molecular complexity index is 1390. The van der Waals surface area contributed by atoms with E-state index < -0.39 is 0 Å². The van der Waals surface area contributed by atoms with Crippen molar-refractivity contribution in [1.29, 1.82) is 0 Å². The Morgan fingerprint density at radius 2 is 1.33 bits per heavy atom. The molecule has 0 saturated heterocycles. The molecule has 0 amide bonds. The van der Waals surface area contributed by atoms with Crippen LogP contribution in [0.25, 0.3) is 16.9 Å². The lowest BCUT2D eigenvalue weighted by molar-refractivity contribution is 0.442. The average molecular weight is 436 g/mol. The quantitative estimate of drug-likeness (QED) is 0.367. The predicted octanol–water partition coefficient (Wildman–Crippen LogP) is 5.55. The number of phenolic OH excluding ortho intramolecular Hbond substituents is 1. The minimum absolute atomic E-state index is 0.112. The summed E-state index contributed by atoms with van der Waals surface area (Å²) >= 11 is 0. The summed E-state index contributed by atoms with van der Waals surface area (Å²) in [5.74, 6) is 0.326. The van der Waals surface area contributed by atoms with Gasteiger partial charge in [-0.1, -0.05) is 73.7 Å². The minimum atomic E-state index is 0.112. The molecular formula is C28H25N3O2. The van der Waals surface area contributed by atoms with Crippen LogP contribution in [0.15, 0.2) is 85.1 Å². The molecule has 2 N–H and O–H groups in total. The summed E-state index contributed by atoms with van der Waals surface area (Å²) in [6, 6.07) is 25.5. The van der Waals surface area contributed by atoms with Crippen LogP contribution in [0, 0.1) is 0 Å². The molecule has 0 spiro atoms. The number of aryl methyl sites for hydroxylation is 1. The van der Waals surface area contributed by atoms with Crippen molar-refractivity contribution in [2.24, 2.45) is 0 Å². The molecule has 0 fully saturated rings. The minimum Gasteiger partial charge on any atom is -0.508 e. The Hall–Kier alpha value is -4.12. The fourth-order valence-electron chi connectivity index (χ4n) is 4.03. The largest absolute Gasteiger partial charge is 0.508 e. The molecule has 3 aromatic carbocycles. The van der Waals surface area contributed by atoms with Gasteiger partial charge in [-0.05, 0) is 35.2 Å². The number of imidazole rings is 1. The first-order valence-corrected chi connectivity index (χ1v) is 11.1. The number of aromatic hydroxyl groups is 2. The van der Waals surface area contributed by atoms with E-state index in [1.165, 1.54) is 5.56 Å². The highest BCUT2D eigenvalue weighted by molar-refractivity contribution is 5.63. The number of nitrogens with zero attached hydrogens (tertiary/aromatic N) is 3. The zero-order valence-corrected chi connectivity index (χ0v) is 18.4. The van der Waals surface area contributed by atoms with E-state index >= 15 is 0 Å². The van der Waals surface area contributed by atoms with Crippen molar-refractivity contribution in [2.75, 3.05) is 0 Å². The molecule has 0 radical (unpaired) electrons. The van der Waals surface area contributed by atoms with Gasteiger partial charge in [-0.15, -0.1) is 0 Å². The zero-order valence-electron chi connectivity index (χ0n) is 18.4. The molecule has 0 aliphatic rings. The molecular weight excluding hydrogens is 410 g/mol. The highest BCUT2D eigenvalue weighted by Gasteiger charge is 2.18. The summed E-state index contributed by atoms with van der Waals surface area (Å²) in [4.78, 5) is 9.74. The SMILES string of the molecule is CCc1ccc(-c2cn3c(O)c(Cc4ccc(O)cc4)nc3c(Cc3ccccc3)n2)cc1. The maximum atomic E-state index is 11.1. The summed E-state index contributed by atoms with van der Waals surface area (Å²) in [6.07, 6.45) is 3.90. The first-order valence-electron chi connectivity index (χ1n) is 11.1. The van der Waals surface area contributed by atoms with Crippen molar-refractivity contribution in [3.63, 3.8) is 0 Å². The fraction of sp³-hybridized carbons (Fsp3) is 0.143. The summed E-state index contributed by atoms with van der Waals surface area (Å²) in [6.45, 7) is 2.14. The monoisotopic (exact) mass is 435 g/mol. The van der Waals surface area contributed by atoms with Gasteiger partial charge in [-0.3, -0.25) is 4.40 Å². The third-order valence-electron chi connectivity index (χ3n) is 5.90. The van der Waals surface area contributed by atoms with Gasteiger partial charge in [0, 0.05) is 24.6 Å². The maximum Gasteiger partial charge on any atom is 0.219 e. The van der Waals surface area contributed by atoms with Crippen LogP contribution < -0.4 is 0 Å². The van der Waals surface area contributed by atoms with Crippen molar-refractivity contribution in [3.8, 4) is 22.9 Å². The van der Waals surface area contributed by atoms with Crippen LogP contribution in [0.1, 0.15) is 35.0 Å². The number of benzene rings is 3. The van der Waals surface area contributed by atoms with Crippen molar-refractivity contribution >= 4 is 5.65 Å². The fourth-order valence-corrected chi connectivity index (χ4v) is 4.03. The summed E-state index contributed by atoms with van der Waals surface area (Å²) in [5, 5.41) is 20.6. The van der Waals surface area contributed by atoms with E-state index in [2.05, 4.69) is 43.3 Å². The van der Waals surface area contributed by atoms with E-state index in [1.54, 1.807) is 16.5 Å². The van der Waals surface area contributed by atoms with Crippen LogP contribution in [0.4, 0.5) is 0 Å². The lowest BCUT2D eigenvalue weighted by Crippen LogP contribution is -2.01. The molecule has 5 aromatic rings. The molecule has 5 nitrogen and oxygen atoms in total. The van der Waals surface area contributed by atoms with Gasteiger partial charge in [-0.25, -0.2) is 9.97 Å². The Morgan fingerprint density at radius 3 is 2.03 bits per heavy atom. The number of hydrogen-bond acceptors (Lipinski definition) is 4. The topological polar surface area (TPSA) is 70.7 Å². The van der Waals surface area contributed by atoms with Gasteiger partial charge in [-0.2, -0.15) is 0 Å². The van der Waals surface area contributed by atoms with Crippen LogP contribution in [-0.2, 0) is 19.3 Å². The Morgan fingerprint density at radius 1 is 0.697 bits per heavy atom. The van der Waals surface area contributed by atoms with Crippen LogP contribution in [-0.4, -0.2) is 24.6 Å². The van der Waals surface area contributed by atoms with E-state index in [0.717, 1.165) is 34.5 Å². The third-order valence-corrected chi connectivity index (χ3v) is 5.90. The van der Waals surface area contributed by atoms with Crippen molar-refractivity contribution in [2.45, 2.75) is 26.2 Å². The summed E-state index contributed by atoms with van der Waals surface area (Å²) in [5.41, 5.74) is 7.19. The number of hydrogen-bond donors (Lipinski definition) is 2. The second kappa shape index (κ2) is 8.79. The standard InChI is InChI=1S/C28H25N3O2/c1-2-19-8-12-22(13-9-19)26-18-31-27(24(29-26)16-20-6-4-3-5-7-20)30-25(28(31)33)17-21-10-14-23(32)15-11-21/h3-15,18,32-33H,2,16-17H2,1H3. The first kappa shape index (κ1) is 20.8. The molecule has 2 aromatic heterocycles. The van der Waals surface area contributed by atoms with Crippen molar-refractivity contribution in [1.82, 2.24) is 14.4 Å². The van der Waals surface area contributed by atoms with Gasteiger partial charge in [0.15, 0.2) is 5.65 Å². The second-order valence-corrected chi connectivity index (χ2v) is 8.20. The summed E-state index contributed by atoms with van der Waals surface area (Å²) in [7, 11) is 0. The molecule has 0 atom stereocenters. The smallest absolute Gasteiger partial charge is 0.219 e. The van der Waals surface area contributed by atoms with Gasteiger partial charge in [0.05, 0.1) is 11.4 Å². The van der Waals surface area contributed by atoms with Crippen molar-refractivity contribution in [3.05, 3.63) is 113 Å². The average Bonchev–Trinajstić information content (AvgIpc) is 3.17. The number of fused-ring (bicyclic) bond motifs is 1. The van der Waals surface area contributed by atoms with Crippen LogP contribution in [0.2, 0.25) is 0 Å². The molecule has 5 heteroatoms. The van der Waals surface area contributed by atoms with Crippen LogP contribution >= 0.6 is 0 Å². The number of phenols is 1. The van der Waals surface area contributed by atoms with Gasteiger partial charge >= 0.3 is 0 Å². The number of aromatic nitrogens is 3. The highest BCUT2D eigenvalue weighted by Crippen LogP contribution is 2.28. The Labute approximate surface area is 192 Å². The second-order valence-electron chi connectivity index (χ2n) is 8.20. The Kier molecular flexibility index (Phi) is 5.53. The third kappa shape index (κ3) is 4.30. The lowest BCUT2D eigenvalue weighted by Gasteiger charge is -2.09. The Balaban J connectivity index is 1.62. The molecule has 33 heavy (non-hydrogen) atoms. The van der Waals surface area contributed by atoms with E-state index in [9.17, 15) is 10.2 Å². The molecule has 0 bridgehead atoms. The van der Waals surface area contributed by atoms with Crippen LogP contribution in [0.3, 0.4) is 0 Å².